The number of nitrogens with zero attached hydrogens (tertiary/aromatic N) is 3. The minimum atomic E-state index is -0.0641. The number of para-hydroxylation sites is 1. The highest BCUT2D eigenvalue weighted by Gasteiger charge is 2.39. The molecule has 0 unspecified atom stereocenters. The molecular weight excluding hydrogens is 567 g/mol. The highest BCUT2D eigenvalue weighted by Crippen LogP contribution is 2.57. The van der Waals surface area contributed by atoms with Crippen LogP contribution in [0.5, 0.6) is 0 Å². The Balaban J connectivity index is 1.40. The van der Waals surface area contributed by atoms with E-state index in [2.05, 4.69) is 146 Å². The molecule has 3 heterocycles. The van der Waals surface area contributed by atoms with Gasteiger partial charge in [-0.15, -0.1) is 11.3 Å². The first kappa shape index (κ1) is 25.1. The van der Waals surface area contributed by atoms with Gasteiger partial charge in [0.15, 0.2) is 0 Å². The third-order valence-corrected chi connectivity index (χ3v) is 11.3. The van der Waals surface area contributed by atoms with Crippen LogP contribution in [0.15, 0.2) is 127 Å². The van der Waals surface area contributed by atoms with Crippen LogP contribution in [0.25, 0.3) is 81.9 Å². The third kappa shape index (κ3) is 3.29. The molecule has 0 fully saturated rings. The van der Waals surface area contributed by atoms with Crippen LogP contribution >= 0.6 is 11.3 Å². The van der Waals surface area contributed by atoms with Gasteiger partial charge in [-0.25, -0.2) is 9.97 Å². The molecule has 212 valence electrons. The van der Waals surface area contributed by atoms with E-state index in [-0.39, 0.29) is 5.41 Å². The summed E-state index contributed by atoms with van der Waals surface area (Å²) in [5.41, 5.74) is 9.35. The molecule has 0 amide bonds. The maximum atomic E-state index is 5.39. The lowest BCUT2D eigenvalue weighted by atomic mass is 9.87. The van der Waals surface area contributed by atoms with Crippen LogP contribution in [-0.2, 0) is 5.41 Å². The van der Waals surface area contributed by atoms with Crippen LogP contribution in [0, 0.1) is 0 Å². The molecule has 0 saturated heterocycles. The maximum absolute atomic E-state index is 5.39. The topological polar surface area (TPSA) is 30.7 Å². The zero-order valence-corrected chi connectivity index (χ0v) is 25.7. The molecule has 0 spiro atoms. The summed E-state index contributed by atoms with van der Waals surface area (Å²) < 4.78 is 3.63. The first-order valence-corrected chi connectivity index (χ1v) is 16.3. The van der Waals surface area contributed by atoms with Crippen LogP contribution < -0.4 is 0 Å². The Bertz CT molecular complexity index is 2680. The van der Waals surface area contributed by atoms with Crippen molar-refractivity contribution in [1.82, 2.24) is 14.5 Å². The summed E-state index contributed by atoms with van der Waals surface area (Å²) in [6.07, 6.45) is 0. The van der Waals surface area contributed by atoms with E-state index in [4.69, 9.17) is 9.97 Å². The molecule has 0 saturated carbocycles. The molecule has 0 atom stereocenters. The molecule has 1 aliphatic rings. The van der Waals surface area contributed by atoms with Crippen molar-refractivity contribution in [3.8, 4) is 28.3 Å². The van der Waals surface area contributed by atoms with Crippen molar-refractivity contribution in [2.45, 2.75) is 19.3 Å². The van der Waals surface area contributed by atoms with Crippen molar-refractivity contribution in [1.29, 1.82) is 0 Å². The Labute approximate surface area is 264 Å². The summed E-state index contributed by atoms with van der Waals surface area (Å²) in [7, 11) is 0. The Hall–Kier alpha value is -5.32. The highest BCUT2D eigenvalue weighted by atomic mass is 32.1. The Morgan fingerprint density at radius 1 is 0.622 bits per heavy atom. The molecule has 6 aromatic carbocycles. The summed E-state index contributed by atoms with van der Waals surface area (Å²) in [5.74, 6) is 0.698. The van der Waals surface area contributed by atoms with Crippen LogP contribution in [0.1, 0.15) is 24.3 Å². The first-order valence-electron chi connectivity index (χ1n) is 15.4. The second kappa shape index (κ2) is 8.87. The van der Waals surface area contributed by atoms with Crippen molar-refractivity contribution in [3.63, 3.8) is 0 Å². The fourth-order valence-corrected chi connectivity index (χ4v) is 9.15. The Morgan fingerprint density at radius 3 is 2.24 bits per heavy atom. The Kier molecular flexibility index (Phi) is 4.94. The van der Waals surface area contributed by atoms with Gasteiger partial charge in [-0.2, -0.15) is 0 Å². The molecule has 10 rings (SSSR count). The molecule has 1 aliphatic carbocycles. The fourth-order valence-electron chi connectivity index (χ4n) is 7.68. The zero-order chi connectivity index (χ0) is 29.9. The molecule has 4 heteroatoms. The lowest BCUT2D eigenvalue weighted by Gasteiger charge is -2.19. The van der Waals surface area contributed by atoms with Gasteiger partial charge in [-0.3, -0.25) is 4.57 Å². The standard InChI is InChI=1S/C41H27N3S/c1-41(2)31-18-10-8-16-27(31)35-30-22-21-29-34-26-15-7-6-12-24(26)20-23-33(34)44(37(29)38(30)45-39(35)41)40-42-32-19-11-9-17-28(32)36(43-40)25-13-4-3-5-14-25/h3-23H,1-2H3. The summed E-state index contributed by atoms with van der Waals surface area (Å²) in [5, 5.41) is 7.32. The van der Waals surface area contributed by atoms with Crippen LogP contribution in [-0.4, -0.2) is 14.5 Å². The molecule has 0 bridgehead atoms. The number of fused-ring (bicyclic) bond motifs is 12. The first-order chi connectivity index (χ1) is 22.1. The number of benzene rings is 6. The van der Waals surface area contributed by atoms with Crippen molar-refractivity contribution < 1.29 is 0 Å². The molecule has 3 nitrogen and oxygen atoms in total. The third-order valence-electron chi connectivity index (χ3n) is 9.75. The van der Waals surface area contributed by atoms with Crippen LogP contribution in [0.3, 0.4) is 0 Å². The van der Waals surface area contributed by atoms with Crippen molar-refractivity contribution in [2.24, 2.45) is 0 Å². The molecule has 0 radical (unpaired) electrons. The summed E-state index contributed by atoms with van der Waals surface area (Å²) in [6.45, 7) is 4.73. The Morgan fingerprint density at radius 2 is 1.36 bits per heavy atom. The van der Waals surface area contributed by atoms with Gasteiger partial charge in [-0.05, 0) is 34.0 Å². The van der Waals surface area contributed by atoms with E-state index in [0.29, 0.717) is 5.95 Å². The molecule has 0 aliphatic heterocycles. The molecule has 9 aromatic rings. The van der Waals surface area contributed by atoms with Gasteiger partial charge < -0.3 is 0 Å². The van der Waals surface area contributed by atoms with Crippen molar-refractivity contribution >= 4 is 64.9 Å². The highest BCUT2D eigenvalue weighted by molar-refractivity contribution is 7.21. The second-order valence-corrected chi connectivity index (χ2v) is 13.6. The predicted molar refractivity (Wildman–Crippen MR) is 190 cm³/mol. The number of hydrogen-bond acceptors (Lipinski definition) is 3. The zero-order valence-electron chi connectivity index (χ0n) is 24.9. The lowest BCUT2D eigenvalue weighted by molar-refractivity contribution is 0.674. The molecule has 0 N–H and O–H groups in total. The minimum absolute atomic E-state index is 0.0641. The van der Waals surface area contributed by atoms with Gasteiger partial charge in [-0.1, -0.05) is 129 Å². The monoisotopic (exact) mass is 593 g/mol. The van der Waals surface area contributed by atoms with Crippen molar-refractivity contribution in [3.05, 3.63) is 138 Å². The van der Waals surface area contributed by atoms with Crippen LogP contribution in [0.2, 0.25) is 0 Å². The number of hydrogen-bond donors (Lipinski definition) is 0. The quantitative estimate of drug-likeness (QED) is 0.200. The summed E-state index contributed by atoms with van der Waals surface area (Å²) in [4.78, 5) is 12.1. The lowest BCUT2D eigenvalue weighted by Crippen LogP contribution is -2.13. The SMILES string of the molecule is CC1(C)c2ccccc2-c2c1sc1c2ccc2c3c4ccccc4ccc3n(-c3nc(-c4ccccc4)c4ccccc4n3)c21. The van der Waals surface area contributed by atoms with Gasteiger partial charge in [0, 0.05) is 43.0 Å². The minimum Gasteiger partial charge on any atom is -0.276 e. The number of rotatable bonds is 2. The smallest absolute Gasteiger partial charge is 0.235 e. The van der Waals surface area contributed by atoms with E-state index < -0.39 is 0 Å². The van der Waals surface area contributed by atoms with Gasteiger partial charge in [0.1, 0.15) is 0 Å². The fraction of sp³-hybridized carbons (Fsp3) is 0.0732. The average molecular weight is 594 g/mol. The van der Waals surface area contributed by atoms with Gasteiger partial charge >= 0.3 is 0 Å². The summed E-state index contributed by atoms with van der Waals surface area (Å²) >= 11 is 1.94. The molecule has 45 heavy (non-hydrogen) atoms. The van der Waals surface area contributed by atoms with Gasteiger partial charge in [0.05, 0.1) is 26.9 Å². The van der Waals surface area contributed by atoms with E-state index in [1.807, 2.05) is 11.3 Å². The van der Waals surface area contributed by atoms with Gasteiger partial charge in [0.25, 0.3) is 0 Å². The normalized spacial score (nSPS) is 13.7. The number of thiophene rings is 1. The second-order valence-electron chi connectivity index (χ2n) is 12.6. The summed E-state index contributed by atoms with van der Waals surface area (Å²) in [6, 6.07) is 45.7. The largest absolute Gasteiger partial charge is 0.276 e. The average Bonchev–Trinajstić information content (AvgIpc) is 3.71. The van der Waals surface area contributed by atoms with E-state index in [9.17, 15) is 0 Å². The van der Waals surface area contributed by atoms with Crippen LogP contribution in [0.4, 0.5) is 0 Å². The molecular formula is C41H27N3S. The van der Waals surface area contributed by atoms with E-state index in [1.165, 1.54) is 58.7 Å². The molecule has 3 aromatic heterocycles. The number of aromatic nitrogens is 3. The van der Waals surface area contributed by atoms with E-state index in [1.54, 1.807) is 0 Å². The maximum Gasteiger partial charge on any atom is 0.235 e. The predicted octanol–water partition coefficient (Wildman–Crippen LogP) is 11.1. The van der Waals surface area contributed by atoms with Crippen molar-refractivity contribution in [2.75, 3.05) is 0 Å². The van der Waals surface area contributed by atoms with Gasteiger partial charge in [0.2, 0.25) is 5.95 Å². The van der Waals surface area contributed by atoms with E-state index in [0.717, 1.165) is 27.7 Å². The van der Waals surface area contributed by atoms with E-state index >= 15 is 0 Å².